The van der Waals surface area contributed by atoms with Crippen LogP contribution in [0.3, 0.4) is 0 Å². The van der Waals surface area contributed by atoms with Gasteiger partial charge in [-0.05, 0) is 59.4 Å². The number of aromatic nitrogens is 4. The topological polar surface area (TPSA) is 119 Å². The normalized spacial score (nSPS) is 11.9. The molecular weight excluding hydrogens is 569 g/mol. The van der Waals surface area contributed by atoms with Crippen LogP contribution in [-0.2, 0) is 10.0 Å². The van der Waals surface area contributed by atoms with Crippen molar-refractivity contribution in [3.63, 3.8) is 0 Å². The Balaban J connectivity index is 1.81. The van der Waals surface area contributed by atoms with Gasteiger partial charge in [-0.25, -0.2) is 17.4 Å². The Morgan fingerprint density at radius 2 is 1.94 bits per heavy atom. The van der Waals surface area contributed by atoms with E-state index in [1.54, 1.807) is 62.0 Å². The van der Waals surface area contributed by atoms with Gasteiger partial charge in [0.1, 0.15) is 12.4 Å². The quantitative estimate of drug-likeness (QED) is 0.299. The largest absolute Gasteiger partial charge is 0.490 e. The molecule has 4 rings (SSSR count). The van der Waals surface area contributed by atoms with Crippen molar-refractivity contribution in [2.45, 2.75) is 11.8 Å². The molecule has 0 aliphatic rings. The third-order valence-corrected chi connectivity index (χ3v) is 7.41. The second kappa shape index (κ2) is 10.1. The summed E-state index contributed by atoms with van der Waals surface area (Å²) in [6, 6.07) is 8.48. The molecule has 0 saturated heterocycles. The number of nitrogens with one attached hydrogen (secondary N) is 1. The molecule has 0 spiro atoms. The van der Waals surface area contributed by atoms with E-state index >= 15 is 0 Å². The molecule has 3 heterocycles. The van der Waals surface area contributed by atoms with E-state index in [0.29, 0.717) is 26.3 Å². The standard InChI is InChI=1S/C23H22IN5O4S/c1-15-3-6-18(7-4-15)34(31,32)29-14-19(24)21-20(27-23(25-2)28-22(21)29)8-5-16-11-17(13-26-12-16)33-10-9-30/h3-8,11-14,30H,9-10H2,1-2H3,(H,25,27,28). The Labute approximate surface area is 210 Å². The molecule has 1 aromatic carbocycles. The van der Waals surface area contributed by atoms with Gasteiger partial charge >= 0.3 is 0 Å². The molecule has 3 aromatic heterocycles. The zero-order valence-corrected chi connectivity index (χ0v) is 21.4. The number of anilines is 1. The Bertz CT molecular complexity index is 1470. The van der Waals surface area contributed by atoms with E-state index in [9.17, 15) is 8.42 Å². The lowest BCUT2D eigenvalue weighted by atomic mass is 10.2. The number of ether oxygens (including phenoxy) is 1. The summed E-state index contributed by atoms with van der Waals surface area (Å²) in [4.78, 5) is 13.3. The molecule has 0 atom stereocenters. The zero-order valence-electron chi connectivity index (χ0n) is 18.4. The van der Waals surface area contributed by atoms with Crippen molar-refractivity contribution >= 4 is 61.7 Å². The molecular formula is C23H22IN5O4S. The monoisotopic (exact) mass is 591 g/mol. The number of nitrogens with zero attached hydrogens (tertiary/aromatic N) is 4. The van der Waals surface area contributed by atoms with Gasteiger partial charge in [0.25, 0.3) is 10.0 Å². The second-order valence-corrected chi connectivity index (χ2v) is 10.3. The number of hydrogen-bond acceptors (Lipinski definition) is 8. The Hall–Kier alpha value is -3.03. The Kier molecular flexibility index (Phi) is 7.14. The van der Waals surface area contributed by atoms with Crippen LogP contribution < -0.4 is 10.1 Å². The second-order valence-electron chi connectivity index (χ2n) is 7.33. The van der Waals surface area contributed by atoms with E-state index in [1.165, 1.54) is 3.97 Å². The highest BCUT2D eigenvalue weighted by atomic mass is 127. The van der Waals surface area contributed by atoms with Crippen LogP contribution in [0.5, 0.6) is 5.75 Å². The number of benzene rings is 1. The summed E-state index contributed by atoms with van der Waals surface area (Å²) in [5.74, 6) is 0.824. The average molecular weight is 591 g/mol. The lowest BCUT2D eigenvalue weighted by molar-refractivity contribution is 0.201. The van der Waals surface area contributed by atoms with Gasteiger partial charge in [0.2, 0.25) is 5.95 Å². The molecule has 4 aromatic rings. The SMILES string of the molecule is CNc1nc(C=Cc2cncc(OCCO)c2)c2c(I)cn(S(=O)(=O)c3ccc(C)cc3)c2n1. The van der Waals surface area contributed by atoms with Crippen LogP contribution >= 0.6 is 22.6 Å². The van der Waals surface area contributed by atoms with Crippen LogP contribution in [0.2, 0.25) is 0 Å². The van der Waals surface area contributed by atoms with Crippen LogP contribution in [0.1, 0.15) is 16.8 Å². The van der Waals surface area contributed by atoms with Crippen molar-refractivity contribution in [1.82, 2.24) is 18.9 Å². The van der Waals surface area contributed by atoms with Crippen molar-refractivity contribution in [1.29, 1.82) is 0 Å². The fourth-order valence-corrected chi connectivity index (χ4v) is 5.56. The smallest absolute Gasteiger partial charge is 0.269 e. The summed E-state index contributed by atoms with van der Waals surface area (Å²) in [5, 5.41) is 12.5. The van der Waals surface area contributed by atoms with Crippen LogP contribution in [0.15, 0.2) is 53.8 Å². The van der Waals surface area contributed by atoms with E-state index in [1.807, 2.05) is 13.0 Å². The molecule has 176 valence electrons. The maximum Gasteiger partial charge on any atom is 0.269 e. The first-order valence-corrected chi connectivity index (χ1v) is 12.8. The van der Waals surface area contributed by atoms with Crippen LogP contribution in [0.4, 0.5) is 5.95 Å². The molecule has 0 amide bonds. The van der Waals surface area contributed by atoms with Crippen LogP contribution in [0, 0.1) is 10.5 Å². The fraction of sp³-hybridized carbons (Fsp3) is 0.174. The minimum absolute atomic E-state index is 0.0906. The van der Waals surface area contributed by atoms with Crippen molar-refractivity contribution in [2.24, 2.45) is 0 Å². The molecule has 0 fully saturated rings. The van der Waals surface area contributed by atoms with Crippen LogP contribution in [0.25, 0.3) is 23.2 Å². The van der Waals surface area contributed by atoms with Gasteiger partial charge in [-0.2, -0.15) is 4.98 Å². The molecule has 9 nitrogen and oxygen atoms in total. The van der Waals surface area contributed by atoms with E-state index in [2.05, 4.69) is 42.9 Å². The molecule has 0 bridgehead atoms. The number of hydrogen-bond donors (Lipinski definition) is 2. The van der Waals surface area contributed by atoms with Gasteiger partial charge in [-0.1, -0.05) is 23.8 Å². The summed E-state index contributed by atoms with van der Waals surface area (Å²) in [6.45, 7) is 1.99. The molecule has 0 radical (unpaired) electrons. The first-order chi connectivity index (χ1) is 16.3. The number of aryl methyl sites for hydroxylation is 1. The van der Waals surface area contributed by atoms with Crippen LogP contribution in [-0.4, -0.2) is 52.7 Å². The lowest BCUT2D eigenvalue weighted by Gasteiger charge is -2.09. The third-order valence-electron chi connectivity index (χ3n) is 4.93. The number of pyridine rings is 1. The first kappa shape index (κ1) is 24.1. The van der Waals surface area contributed by atoms with Gasteiger partial charge < -0.3 is 15.2 Å². The summed E-state index contributed by atoms with van der Waals surface area (Å²) >= 11 is 2.09. The van der Waals surface area contributed by atoms with Gasteiger partial charge in [0, 0.05) is 23.0 Å². The molecule has 34 heavy (non-hydrogen) atoms. The van der Waals surface area contributed by atoms with E-state index in [-0.39, 0.29) is 23.8 Å². The van der Waals surface area contributed by atoms with Gasteiger partial charge in [0.05, 0.1) is 28.8 Å². The van der Waals surface area contributed by atoms with Crippen molar-refractivity contribution < 1.29 is 18.3 Å². The van der Waals surface area contributed by atoms with Crippen molar-refractivity contribution in [2.75, 3.05) is 25.6 Å². The Morgan fingerprint density at radius 3 is 2.65 bits per heavy atom. The highest BCUT2D eigenvalue weighted by molar-refractivity contribution is 14.1. The summed E-state index contributed by atoms with van der Waals surface area (Å²) in [7, 11) is -2.19. The number of rotatable bonds is 8. The lowest BCUT2D eigenvalue weighted by Crippen LogP contribution is -2.13. The maximum atomic E-state index is 13.4. The zero-order chi connectivity index (χ0) is 24.3. The predicted molar refractivity (Wildman–Crippen MR) is 139 cm³/mol. The minimum atomic E-state index is -3.86. The molecule has 0 aliphatic carbocycles. The molecule has 11 heteroatoms. The van der Waals surface area contributed by atoms with Gasteiger partial charge in [0.15, 0.2) is 5.65 Å². The van der Waals surface area contributed by atoms with E-state index in [4.69, 9.17) is 9.84 Å². The highest BCUT2D eigenvalue weighted by Gasteiger charge is 2.24. The van der Waals surface area contributed by atoms with Gasteiger partial charge in [-0.15, -0.1) is 0 Å². The third kappa shape index (κ3) is 4.91. The maximum absolute atomic E-state index is 13.4. The molecule has 0 saturated carbocycles. The highest BCUT2D eigenvalue weighted by Crippen LogP contribution is 2.30. The summed E-state index contributed by atoms with van der Waals surface area (Å²) in [5.41, 5.74) is 2.56. The number of fused-ring (bicyclic) bond motifs is 1. The van der Waals surface area contributed by atoms with Crippen molar-refractivity contribution in [3.05, 3.63) is 69.3 Å². The Morgan fingerprint density at radius 1 is 1.18 bits per heavy atom. The number of halogens is 1. The molecule has 0 aliphatic heterocycles. The predicted octanol–water partition coefficient (Wildman–Crippen LogP) is 3.56. The number of aliphatic hydroxyl groups excluding tert-OH is 1. The van der Waals surface area contributed by atoms with Crippen molar-refractivity contribution in [3.8, 4) is 5.75 Å². The van der Waals surface area contributed by atoms with E-state index in [0.717, 1.165) is 11.1 Å². The first-order valence-electron chi connectivity index (χ1n) is 10.3. The average Bonchev–Trinajstić information content (AvgIpc) is 3.19. The van der Waals surface area contributed by atoms with Gasteiger partial charge in [-0.3, -0.25) is 4.98 Å². The fourth-order valence-electron chi connectivity index (χ4n) is 3.27. The molecule has 0 unspecified atom stereocenters. The minimum Gasteiger partial charge on any atom is -0.490 e. The van der Waals surface area contributed by atoms with E-state index < -0.39 is 10.0 Å². The number of aliphatic hydroxyl groups is 1. The summed E-state index contributed by atoms with van der Waals surface area (Å²) in [6.07, 6.45) is 8.37. The molecule has 2 N–H and O–H groups in total. The summed E-state index contributed by atoms with van der Waals surface area (Å²) < 4.78 is 34.1.